The highest BCUT2D eigenvalue weighted by atomic mass is 16.6. The second-order valence-electron chi connectivity index (χ2n) is 12.0. The van der Waals surface area contributed by atoms with E-state index in [1.807, 2.05) is 12.1 Å². The average Bonchev–Trinajstić information content (AvgIpc) is 3.54. The molecule has 0 spiro atoms. The predicted octanol–water partition coefficient (Wildman–Crippen LogP) is 2.16. The summed E-state index contributed by atoms with van der Waals surface area (Å²) >= 11 is 0. The van der Waals surface area contributed by atoms with E-state index in [9.17, 15) is 19.2 Å². The first-order valence-corrected chi connectivity index (χ1v) is 15.1. The van der Waals surface area contributed by atoms with Crippen molar-refractivity contribution >= 4 is 23.5 Å². The van der Waals surface area contributed by atoms with Crippen LogP contribution in [0.3, 0.4) is 0 Å². The summed E-state index contributed by atoms with van der Waals surface area (Å²) in [5.41, 5.74) is 0.383. The van der Waals surface area contributed by atoms with E-state index >= 15 is 0 Å². The number of amides is 3. The van der Waals surface area contributed by atoms with Crippen molar-refractivity contribution in [1.29, 1.82) is 0 Å². The van der Waals surface area contributed by atoms with Gasteiger partial charge < -0.3 is 34.9 Å². The molecule has 2 aliphatic heterocycles. The van der Waals surface area contributed by atoms with E-state index in [0.717, 1.165) is 30.4 Å². The number of carbonyl (C=O) groups excluding carboxylic acids is 4. The molecule has 3 amide bonds. The van der Waals surface area contributed by atoms with Crippen LogP contribution in [0.25, 0.3) is 0 Å². The lowest BCUT2D eigenvalue weighted by Crippen LogP contribution is -2.57. The maximum atomic E-state index is 13.8. The van der Waals surface area contributed by atoms with Gasteiger partial charge in [-0.05, 0) is 57.2 Å². The van der Waals surface area contributed by atoms with Gasteiger partial charge in [-0.2, -0.15) is 0 Å². The smallest absolute Gasteiger partial charge is 0.243 e. The van der Waals surface area contributed by atoms with Crippen LogP contribution in [0.2, 0.25) is 0 Å². The van der Waals surface area contributed by atoms with E-state index in [4.69, 9.17) is 18.9 Å². The Hall–Kier alpha value is -3.28. The van der Waals surface area contributed by atoms with Crippen molar-refractivity contribution in [3.8, 4) is 5.75 Å². The molecular weight excluding hydrogens is 554 g/mol. The molecule has 0 bridgehead atoms. The molecule has 1 aliphatic carbocycles. The normalized spacial score (nSPS) is 22.8. The lowest BCUT2D eigenvalue weighted by atomic mass is 9.90. The fourth-order valence-corrected chi connectivity index (χ4v) is 5.64. The largest absolute Gasteiger partial charge is 0.497 e. The summed E-state index contributed by atoms with van der Waals surface area (Å²) in [6, 6.07) is 4.51. The minimum absolute atomic E-state index is 0.0979. The van der Waals surface area contributed by atoms with Crippen LogP contribution >= 0.6 is 0 Å². The standard InChI is InChI=1S/C32H45N3O8/c1-21(33-27(36)19-32(41-4)13-15-42-16-14-32)29(38)35-26(18-23-9-11-24(40-3)12-10-23)30(39)34-25(17-22-7-5-6-8-22)28(37)31(2)20-43-31/h7,9-12,21,25-26H,5-6,8,13-20H2,1-4H3,(H,33,36)(H,34,39)(H,35,38)/t21-,25-,26-,31+/m0/s1. The molecule has 4 atom stereocenters. The van der Waals surface area contributed by atoms with E-state index in [2.05, 4.69) is 22.0 Å². The van der Waals surface area contributed by atoms with Crippen LogP contribution in [0.15, 0.2) is 35.9 Å². The number of allylic oxidation sites excluding steroid dienone is 1. The Morgan fingerprint density at radius 1 is 0.953 bits per heavy atom. The molecule has 0 aromatic heterocycles. The number of ether oxygens (including phenoxy) is 4. The number of hydrogen-bond donors (Lipinski definition) is 3. The summed E-state index contributed by atoms with van der Waals surface area (Å²) < 4.78 is 21.7. The number of carbonyl (C=O) groups is 4. The van der Waals surface area contributed by atoms with Crippen LogP contribution in [-0.4, -0.2) is 86.9 Å². The first-order chi connectivity index (χ1) is 20.6. The first kappa shape index (κ1) is 32.6. The molecular formula is C32H45N3O8. The number of hydrogen-bond acceptors (Lipinski definition) is 8. The Morgan fingerprint density at radius 2 is 1.63 bits per heavy atom. The summed E-state index contributed by atoms with van der Waals surface area (Å²) in [6.07, 6.45) is 6.84. The molecule has 236 valence electrons. The Bertz CT molecular complexity index is 1190. The maximum Gasteiger partial charge on any atom is 0.243 e. The number of Topliss-reactive ketones (excluding diaryl/α,β-unsaturated/α-hetero) is 1. The zero-order valence-electron chi connectivity index (χ0n) is 25.7. The van der Waals surface area contributed by atoms with E-state index < -0.39 is 41.1 Å². The Labute approximate surface area is 253 Å². The maximum absolute atomic E-state index is 13.8. The molecule has 3 N–H and O–H groups in total. The van der Waals surface area contributed by atoms with Crippen LogP contribution in [0.4, 0.5) is 0 Å². The van der Waals surface area contributed by atoms with Gasteiger partial charge in [-0.1, -0.05) is 23.8 Å². The fourth-order valence-electron chi connectivity index (χ4n) is 5.64. The molecule has 4 rings (SSSR count). The molecule has 0 unspecified atom stereocenters. The van der Waals surface area contributed by atoms with Gasteiger partial charge in [-0.15, -0.1) is 0 Å². The number of epoxide rings is 1. The molecule has 2 fully saturated rings. The van der Waals surface area contributed by atoms with Gasteiger partial charge in [0.25, 0.3) is 0 Å². The van der Waals surface area contributed by atoms with Gasteiger partial charge in [0, 0.05) is 39.6 Å². The second kappa shape index (κ2) is 14.5. The SMILES string of the molecule is COc1ccc(C[C@H](NC(=O)[C@H](C)NC(=O)CC2(OC)CCOCC2)C(=O)N[C@@H](CC2=CCCC2)C(=O)[C@@]2(C)CO2)cc1. The van der Waals surface area contributed by atoms with Gasteiger partial charge >= 0.3 is 0 Å². The Balaban J connectivity index is 1.45. The van der Waals surface area contributed by atoms with Gasteiger partial charge in [0.05, 0.1) is 31.8 Å². The third kappa shape index (κ3) is 8.87. The minimum Gasteiger partial charge on any atom is -0.497 e. The predicted molar refractivity (Wildman–Crippen MR) is 158 cm³/mol. The molecule has 0 radical (unpaired) electrons. The molecule has 2 heterocycles. The van der Waals surface area contributed by atoms with Crippen LogP contribution in [-0.2, 0) is 39.8 Å². The van der Waals surface area contributed by atoms with Crippen LogP contribution in [0.5, 0.6) is 5.75 Å². The van der Waals surface area contributed by atoms with Crippen molar-refractivity contribution in [2.75, 3.05) is 34.0 Å². The number of ketones is 1. The third-order valence-electron chi connectivity index (χ3n) is 8.66. The molecule has 2 saturated heterocycles. The van der Waals surface area contributed by atoms with Gasteiger partial charge in [-0.25, -0.2) is 0 Å². The van der Waals surface area contributed by atoms with Crippen molar-refractivity contribution in [3.63, 3.8) is 0 Å². The molecule has 11 nitrogen and oxygen atoms in total. The average molecular weight is 600 g/mol. The van der Waals surface area contributed by atoms with Crippen LogP contribution < -0.4 is 20.7 Å². The van der Waals surface area contributed by atoms with Crippen molar-refractivity contribution in [3.05, 3.63) is 41.5 Å². The Kier molecular flexibility index (Phi) is 11.0. The summed E-state index contributed by atoms with van der Waals surface area (Å²) in [7, 11) is 3.15. The molecule has 1 aromatic carbocycles. The van der Waals surface area contributed by atoms with Gasteiger partial charge in [0.1, 0.15) is 23.4 Å². The lowest BCUT2D eigenvalue weighted by molar-refractivity contribution is -0.139. The zero-order chi connectivity index (χ0) is 31.0. The number of methoxy groups -OCH3 is 2. The lowest BCUT2D eigenvalue weighted by Gasteiger charge is -2.35. The Morgan fingerprint density at radius 3 is 2.21 bits per heavy atom. The zero-order valence-corrected chi connectivity index (χ0v) is 25.7. The van der Waals surface area contributed by atoms with Crippen molar-refractivity contribution in [2.24, 2.45) is 0 Å². The van der Waals surface area contributed by atoms with Gasteiger partial charge in [-0.3, -0.25) is 19.2 Å². The summed E-state index contributed by atoms with van der Waals surface area (Å²) in [5, 5.41) is 8.48. The monoisotopic (exact) mass is 599 g/mol. The minimum atomic E-state index is -0.998. The highest BCUT2D eigenvalue weighted by Crippen LogP contribution is 2.31. The molecule has 0 saturated carbocycles. The van der Waals surface area contributed by atoms with Crippen LogP contribution in [0, 0.1) is 0 Å². The highest BCUT2D eigenvalue weighted by Gasteiger charge is 2.50. The molecule has 43 heavy (non-hydrogen) atoms. The number of nitrogens with one attached hydrogen (secondary N) is 3. The van der Waals surface area contributed by atoms with Gasteiger partial charge in [0.15, 0.2) is 5.78 Å². The third-order valence-corrected chi connectivity index (χ3v) is 8.66. The van der Waals surface area contributed by atoms with Gasteiger partial charge in [0.2, 0.25) is 17.7 Å². The van der Waals surface area contributed by atoms with Crippen LogP contribution in [0.1, 0.15) is 64.4 Å². The van der Waals surface area contributed by atoms with E-state index in [1.54, 1.807) is 40.2 Å². The van der Waals surface area contributed by atoms with Crippen molar-refractivity contribution in [2.45, 2.75) is 94.5 Å². The molecule has 3 aliphatic rings. The van der Waals surface area contributed by atoms with E-state index in [-0.39, 0.29) is 24.5 Å². The summed E-state index contributed by atoms with van der Waals surface area (Å²) in [5.74, 6) is -0.833. The number of rotatable bonds is 15. The van der Waals surface area contributed by atoms with Crippen molar-refractivity contribution < 1.29 is 38.1 Å². The molecule has 11 heteroatoms. The molecule has 1 aromatic rings. The summed E-state index contributed by atoms with van der Waals surface area (Å²) in [4.78, 5) is 53.3. The summed E-state index contributed by atoms with van der Waals surface area (Å²) in [6.45, 7) is 4.63. The fraction of sp³-hybridized carbons (Fsp3) is 0.625. The first-order valence-electron chi connectivity index (χ1n) is 15.1. The van der Waals surface area contributed by atoms with E-state index in [1.165, 1.54) is 0 Å². The highest BCUT2D eigenvalue weighted by molar-refractivity contribution is 5.98. The second-order valence-corrected chi connectivity index (χ2v) is 12.0. The topological polar surface area (TPSA) is 145 Å². The van der Waals surface area contributed by atoms with E-state index in [0.29, 0.717) is 44.8 Å². The number of benzene rings is 1. The quantitative estimate of drug-likeness (QED) is 0.206. The van der Waals surface area contributed by atoms with Crippen molar-refractivity contribution in [1.82, 2.24) is 16.0 Å².